The summed E-state index contributed by atoms with van der Waals surface area (Å²) in [7, 11) is -3.15. The molecule has 4 bridgehead atoms. The molecule has 0 heterocycles. The molecule has 0 saturated heterocycles. The molecule has 98 valence electrons. The fourth-order valence-electron chi connectivity index (χ4n) is 4.54. The average Bonchev–Trinajstić information content (AvgIpc) is 2.22. The molecule has 0 amide bonds. The zero-order valence-corrected chi connectivity index (χ0v) is 11.0. The molecule has 0 spiro atoms. The maximum absolute atomic E-state index is 11.8. The second-order valence-electron chi connectivity index (χ2n) is 6.18. The van der Waals surface area contributed by atoms with Gasteiger partial charge in [0.2, 0.25) is 10.0 Å². The van der Waals surface area contributed by atoms with Crippen LogP contribution in [-0.4, -0.2) is 26.8 Å². The van der Waals surface area contributed by atoms with E-state index in [1.807, 2.05) is 0 Å². The van der Waals surface area contributed by atoms with Gasteiger partial charge in [-0.1, -0.05) is 0 Å². The van der Waals surface area contributed by atoms with E-state index in [1.54, 1.807) is 0 Å². The summed E-state index contributed by atoms with van der Waals surface area (Å²) in [6.07, 6.45) is 6.35. The van der Waals surface area contributed by atoms with Crippen LogP contribution in [0.15, 0.2) is 0 Å². The maximum Gasteiger partial charge on any atom is 0.213 e. The standard InChI is InChI=1S/C12H22N2O2S/c13-1-2-17(15,16)14-12-10-4-8-3-9(6-10)7-11(12)5-8/h8-12,14H,1-7,13H2. The SMILES string of the molecule is NCCS(=O)(=O)NC1C2CC3CC(C2)CC1C3. The first kappa shape index (κ1) is 11.9. The van der Waals surface area contributed by atoms with E-state index in [-0.39, 0.29) is 18.3 Å². The monoisotopic (exact) mass is 258 g/mol. The van der Waals surface area contributed by atoms with Crippen molar-refractivity contribution in [2.75, 3.05) is 12.3 Å². The van der Waals surface area contributed by atoms with E-state index in [0.29, 0.717) is 11.8 Å². The van der Waals surface area contributed by atoms with Crippen LogP contribution in [-0.2, 0) is 10.0 Å². The normalized spacial score (nSPS) is 44.2. The molecule has 17 heavy (non-hydrogen) atoms. The van der Waals surface area contributed by atoms with Crippen molar-refractivity contribution in [1.82, 2.24) is 4.72 Å². The van der Waals surface area contributed by atoms with Gasteiger partial charge in [-0.05, 0) is 55.8 Å². The van der Waals surface area contributed by atoms with E-state index in [9.17, 15) is 8.42 Å². The highest BCUT2D eigenvalue weighted by atomic mass is 32.2. The van der Waals surface area contributed by atoms with Crippen molar-refractivity contribution in [3.05, 3.63) is 0 Å². The summed E-state index contributed by atoms with van der Waals surface area (Å²) in [5, 5.41) is 0. The largest absolute Gasteiger partial charge is 0.329 e. The Morgan fingerprint density at radius 1 is 1.00 bits per heavy atom. The molecule has 4 aliphatic carbocycles. The van der Waals surface area contributed by atoms with E-state index in [1.165, 1.54) is 32.1 Å². The van der Waals surface area contributed by atoms with Crippen molar-refractivity contribution in [2.45, 2.75) is 38.1 Å². The molecule has 5 heteroatoms. The van der Waals surface area contributed by atoms with Crippen LogP contribution in [0.4, 0.5) is 0 Å². The number of sulfonamides is 1. The number of nitrogens with one attached hydrogen (secondary N) is 1. The van der Waals surface area contributed by atoms with Crippen LogP contribution in [0, 0.1) is 23.7 Å². The highest BCUT2D eigenvalue weighted by molar-refractivity contribution is 7.89. The van der Waals surface area contributed by atoms with Crippen molar-refractivity contribution >= 4 is 10.0 Å². The van der Waals surface area contributed by atoms with E-state index in [4.69, 9.17) is 5.73 Å². The molecule has 4 saturated carbocycles. The third-order valence-electron chi connectivity index (χ3n) is 4.93. The summed E-state index contributed by atoms with van der Waals surface area (Å²) >= 11 is 0. The lowest BCUT2D eigenvalue weighted by atomic mass is 9.54. The second kappa shape index (κ2) is 4.21. The summed E-state index contributed by atoms with van der Waals surface area (Å²) < 4.78 is 26.6. The number of nitrogens with two attached hydrogens (primary N) is 1. The molecule has 0 aliphatic heterocycles. The Morgan fingerprint density at radius 3 is 2.00 bits per heavy atom. The number of rotatable bonds is 4. The fourth-order valence-corrected chi connectivity index (χ4v) is 5.77. The van der Waals surface area contributed by atoms with Crippen molar-refractivity contribution < 1.29 is 8.42 Å². The molecule has 0 aromatic rings. The second-order valence-corrected chi connectivity index (χ2v) is 8.06. The minimum Gasteiger partial charge on any atom is -0.329 e. The minimum atomic E-state index is -3.15. The first-order chi connectivity index (χ1) is 8.07. The molecule has 4 rings (SSSR count). The predicted molar refractivity (Wildman–Crippen MR) is 66.8 cm³/mol. The molecule has 4 nitrogen and oxygen atoms in total. The Bertz CT molecular complexity index is 365. The van der Waals surface area contributed by atoms with Crippen molar-refractivity contribution in [2.24, 2.45) is 29.4 Å². The molecule has 0 aromatic carbocycles. The lowest BCUT2D eigenvalue weighted by Crippen LogP contribution is -2.56. The van der Waals surface area contributed by atoms with Gasteiger partial charge in [0.1, 0.15) is 0 Å². The van der Waals surface area contributed by atoms with E-state index in [0.717, 1.165) is 11.8 Å². The van der Waals surface area contributed by atoms with Gasteiger partial charge in [0.25, 0.3) is 0 Å². The van der Waals surface area contributed by atoms with E-state index >= 15 is 0 Å². The van der Waals surface area contributed by atoms with Gasteiger partial charge in [-0.3, -0.25) is 0 Å². The summed E-state index contributed by atoms with van der Waals surface area (Å²) in [4.78, 5) is 0. The summed E-state index contributed by atoms with van der Waals surface area (Å²) in [5.41, 5.74) is 5.35. The Balaban J connectivity index is 1.72. The zero-order chi connectivity index (χ0) is 12.0. The van der Waals surface area contributed by atoms with Crippen LogP contribution in [0.2, 0.25) is 0 Å². The van der Waals surface area contributed by atoms with Crippen molar-refractivity contribution in [3.8, 4) is 0 Å². The van der Waals surface area contributed by atoms with E-state index in [2.05, 4.69) is 4.72 Å². The van der Waals surface area contributed by atoms with Gasteiger partial charge in [0.15, 0.2) is 0 Å². The van der Waals surface area contributed by atoms with Gasteiger partial charge in [-0.2, -0.15) is 0 Å². The van der Waals surface area contributed by atoms with Gasteiger partial charge in [-0.25, -0.2) is 13.1 Å². The molecule has 0 atom stereocenters. The summed E-state index contributed by atoms with van der Waals surface area (Å²) in [5.74, 6) is 3.02. The van der Waals surface area contributed by atoms with Gasteiger partial charge in [-0.15, -0.1) is 0 Å². The lowest BCUT2D eigenvalue weighted by molar-refractivity contribution is -0.00556. The molecule has 0 unspecified atom stereocenters. The van der Waals surface area contributed by atoms with Crippen molar-refractivity contribution in [3.63, 3.8) is 0 Å². The fraction of sp³-hybridized carbons (Fsp3) is 1.00. The van der Waals surface area contributed by atoms with Crippen LogP contribution in [0.3, 0.4) is 0 Å². The van der Waals surface area contributed by atoms with Crippen molar-refractivity contribution in [1.29, 1.82) is 0 Å². The van der Waals surface area contributed by atoms with Crippen LogP contribution in [0.25, 0.3) is 0 Å². The Hall–Kier alpha value is -0.130. The molecule has 4 aliphatic rings. The van der Waals surface area contributed by atoms with E-state index < -0.39 is 10.0 Å². The first-order valence-electron chi connectivity index (χ1n) is 6.77. The predicted octanol–water partition coefficient (Wildman–Crippen LogP) is 0.689. The lowest BCUT2D eigenvalue weighted by Gasteiger charge is -2.54. The number of hydrogen-bond acceptors (Lipinski definition) is 3. The quantitative estimate of drug-likeness (QED) is 0.779. The summed E-state index contributed by atoms with van der Waals surface area (Å²) in [6.45, 7) is 0.211. The molecule has 4 fully saturated rings. The summed E-state index contributed by atoms with van der Waals surface area (Å²) in [6, 6.07) is 0.208. The third kappa shape index (κ3) is 2.25. The van der Waals surface area contributed by atoms with Gasteiger partial charge in [0, 0.05) is 12.6 Å². The molecule has 0 radical (unpaired) electrons. The Labute approximate surface area is 103 Å². The highest BCUT2D eigenvalue weighted by Gasteiger charge is 2.49. The zero-order valence-electron chi connectivity index (χ0n) is 10.1. The van der Waals surface area contributed by atoms with Gasteiger partial charge in [0.05, 0.1) is 5.75 Å². The molecular weight excluding hydrogens is 236 g/mol. The van der Waals surface area contributed by atoms with Gasteiger partial charge >= 0.3 is 0 Å². The minimum absolute atomic E-state index is 0.0653. The smallest absolute Gasteiger partial charge is 0.213 e. The van der Waals surface area contributed by atoms with Crippen LogP contribution in [0.5, 0.6) is 0 Å². The first-order valence-corrected chi connectivity index (χ1v) is 8.42. The third-order valence-corrected chi connectivity index (χ3v) is 6.33. The van der Waals surface area contributed by atoms with Crippen LogP contribution < -0.4 is 10.5 Å². The number of hydrogen-bond donors (Lipinski definition) is 2. The Kier molecular flexibility index (Phi) is 2.96. The molecule has 0 aromatic heterocycles. The average molecular weight is 258 g/mol. The van der Waals surface area contributed by atoms with Crippen LogP contribution in [0.1, 0.15) is 32.1 Å². The molecule has 3 N–H and O–H groups in total. The maximum atomic E-state index is 11.8. The topological polar surface area (TPSA) is 72.2 Å². The van der Waals surface area contributed by atoms with Crippen LogP contribution >= 0.6 is 0 Å². The highest BCUT2D eigenvalue weighted by Crippen LogP contribution is 2.53. The molecular formula is C12H22N2O2S. The Morgan fingerprint density at radius 2 is 1.53 bits per heavy atom. The van der Waals surface area contributed by atoms with Gasteiger partial charge < -0.3 is 5.73 Å².